The van der Waals surface area contributed by atoms with Gasteiger partial charge in [0.1, 0.15) is 10.6 Å². The van der Waals surface area contributed by atoms with Gasteiger partial charge in [0, 0.05) is 28.9 Å². The van der Waals surface area contributed by atoms with E-state index in [9.17, 15) is 13.2 Å². The fourth-order valence-corrected chi connectivity index (χ4v) is 4.37. The van der Waals surface area contributed by atoms with Gasteiger partial charge >= 0.3 is 5.97 Å². The molecule has 2 aromatic heterocycles. The minimum absolute atomic E-state index is 0.0649. The quantitative estimate of drug-likeness (QED) is 0.464. The van der Waals surface area contributed by atoms with Crippen molar-refractivity contribution in [3.05, 3.63) is 95.4 Å². The van der Waals surface area contributed by atoms with E-state index in [4.69, 9.17) is 5.11 Å². The van der Waals surface area contributed by atoms with Gasteiger partial charge in [-0.25, -0.2) is 18.2 Å². The fraction of sp³-hybridized carbons (Fsp3) is 0.0417. The van der Waals surface area contributed by atoms with Crippen LogP contribution in [0.15, 0.2) is 78.0 Å². The van der Waals surface area contributed by atoms with Gasteiger partial charge in [0.2, 0.25) is 0 Å². The molecule has 0 saturated heterocycles. The van der Waals surface area contributed by atoms with Gasteiger partial charge in [-0.3, -0.25) is 9.71 Å². The first kappa shape index (κ1) is 21.0. The third-order valence-electron chi connectivity index (χ3n) is 4.72. The minimum atomic E-state index is -3.93. The zero-order valence-corrected chi connectivity index (χ0v) is 17.7. The van der Waals surface area contributed by atoms with Gasteiger partial charge in [0.05, 0.1) is 11.2 Å². The number of nitrogens with zero attached hydrogens (tertiary/aromatic N) is 2. The van der Waals surface area contributed by atoms with Crippen molar-refractivity contribution in [1.82, 2.24) is 9.97 Å². The van der Waals surface area contributed by atoms with Crippen molar-refractivity contribution in [1.29, 1.82) is 0 Å². The van der Waals surface area contributed by atoms with Crippen LogP contribution >= 0.6 is 0 Å². The number of anilines is 1. The Bertz CT molecular complexity index is 1510. The monoisotopic (exact) mass is 443 g/mol. The second-order valence-corrected chi connectivity index (χ2v) is 8.57. The molecule has 7 nitrogen and oxygen atoms in total. The number of carboxylic acid groups (broad SMARTS) is 1. The van der Waals surface area contributed by atoms with E-state index < -0.39 is 16.0 Å². The van der Waals surface area contributed by atoms with Crippen LogP contribution in [-0.2, 0) is 10.0 Å². The lowest BCUT2D eigenvalue weighted by Gasteiger charge is -2.11. The van der Waals surface area contributed by atoms with Gasteiger partial charge in [-0.15, -0.1) is 0 Å². The Hall–Kier alpha value is -4.22. The second-order valence-electron chi connectivity index (χ2n) is 6.92. The maximum Gasteiger partial charge on any atom is 0.354 e. The predicted molar refractivity (Wildman–Crippen MR) is 121 cm³/mol. The maximum atomic E-state index is 13.1. The number of carboxylic acids is 1. The molecule has 4 rings (SSSR count). The van der Waals surface area contributed by atoms with Crippen LogP contribution in [0.3, 0.4) is 0 Å². The molecule has 0 bridgehead atoms. The third-order valence-corrected chi connectivity index (χ3v) is 6.12. The van der Waals surface area contributed by atoms with Crippen molar-refractivity contribution in [3.8, 4) is 11.8 Å². The summed E-state index contributed by atoms with van der Waals surface area (Å²) in [5.41, 5.74) is 2.30. The van der Waals surface area contributed by atoms with E-state index in [1.165, 1.54) is 18.3 Å². The molecule has 0 aliphatic heterocycles. The van der Waals surface area contributed by atoms with Crippen LogP contribution in [0.2, 0.25) is 0 Å². The maximum absolute atomic E-state index is 13.1. The first-order chi connectivity index (χ1) is 15.3. The van der Waals surface area contributed by atoms with Gasteiger partial charge in [0.25, 0.3) is 10.0 Å². The van der Waals surface area contributed by atoms with Crippen molar-refractivity contribution < 1.29 is 18.3 Å². The Morgan fingerprint density at radius 1 is 0.969 bits per heavy atom. The number of hydrogen-bond donors (Lipinski definition) is 2. The first-order valence-corrected chi connectivity index (χ1v) is 11.0. The molecule has 0 radical (unpaired) electrons. The number of hydrogen-bond acceptors (Lipinski definition) is 5. The summed E-state index contributed by atoms with van der Waals surface area (Å²) in [7, 11) is -3.93. The summed E-state index contributed by atoms with van der Waals surface area (Å²) in [4.78, 5) is 19.2. The number of aromatic carboxylic acids is 1. The number of fused-ring (bicyclic) bond motifs is 1. The molecule has 0 unspecified atom stereocenters. The summed E-state index contributed by atoms with van der Waals surface area (Å²) >= 11 is 0. The average molecular weight is 443 g/mol. The Morgan fingerprint density at radius 2 is 1.72 bits per heavy atom. The van der Waals surface area contributed by atoms with E-state index in [2.05, 4.69) is 26.5 Å². The highest BCUT2D eigenvalue weighted by molar-refractivity contribution is 7.93. The van der Waals surface area contributed by atoms with Crippen LogP contribution in [0, 0.1) is 18.8 Å². The SMILES string of the molecule is Cc1cc(C(=O)O)ncc1C#Cc1ccccc1NS(=O)(=O)c1cccc2cccnc12. The third kappa shape index (κ3) is 4.29. The first-order valence-electron chi connectivity index (χ1n) is 9.53. The number of rotatable bonds is 4. The summed E-state index contributed by atoms with van der Waals surface area (Å²) in [6.45, 7) is 1.74. The molecule has 158 valence electrons. The van der Waals surface area contributed by atoms with Crippen molar-refractivity contribution in [2.75, 3.05) is 4.72 Å². The number of pyridine rings is 2. The van der Waals surface area contributed by atoms with Crippen molar-refractivity contribution >= 4 is 32.6 Å². The van der Waals surface area contributed by atoms with Crippen LogP contribution in [-0.4, -0.2) is 29.5 Å². The molecule has 0 aliphatic carbocycles. The Balaban J connectivity index is 1.70. The lowest BCUT2D eigenvalue weighted by Crippen LogP contribution is -2.14. The van der Waals surface area contributed by atoms with E-state index in [1.54, 1.807) is 61.7 Å². The van der Waals surface area contributed by atoms with Gasteiger partial charge in [-0.1, -0.05) is 42.2 Å². The van der Waals surface area contributed by atoms with Gasteiger partial charge < -0.3 is 5.11 Å². The number of sulfonamides is 1. The molecule has 4 aromatic rings. The highest BCUT2D eigenvalue weighted by Gasteiger charge is 2.19. The topological polar surface area (TPSA) is 109 Å². The minimum Gasteiger partial charge on any atom is -0.477 e. The van der Waals surface area contributed by atoms with Crippen LogP contribution in [0.25, 0.3) is 10.9 Å². The molecule has 0 spiro atoms. The van der Waals surface area contributed by atoms with Crippen LogP contribution in [0.4, 0.5) is 5.69 Å². The Morgan fingerprint density at radius 3 is 2.50 bits per heavy atom. The molecule has 32 heavy (non-hydrogen) atoms. The van der Waals surface area contributed by atoms with Crippen LogP contribution in [0.5, 0.6) is 0 Å². The van der Waals surface area contributed by atoms with E-state index in [-0.39, 0.29) is 10.6 Å². The zero-order chi connectivity index (χ0) is 22.7. The summed E-state index contributed by atoms with van der Waals surface area (Å²) in [5.74, 6) is 4.77. The van der Waals surface area contributed by atoms with Crippen LogP contribution in [0.1, 0.15) is 27.2 Å². The number of aryl methyl sites for hydroxylation is 1. The molecule has 2 N–H and O–H groups in total. The normalized spacial score (nSPS) is 10.9. The molecule has 2 heterocycles. The number of benzene rings is 2. The number of aromatic nitrogens is 2. The molecule has 0 amide bonds. The summed E-state index contributed by atoms with van der Waals surface area (Å²) < 4.78 is 28.9. The summed E-state index contributed by atoms with van der Waals surface area (Å²) in [6, 6.07) is 16.7. The highest BCUT2D eigenvalue weighted by Crippen LogP contribution is 2.24. The molecule has 0 atom stereocenters. The van der Waals surface area contributed by atoms with Crippen molar-refractivity contribution in [3.63, 3.8) is 0 Å². The number of nitrogens with one attached hydrogen (secondary N) is 1. The number of carbonyl (C=O) groups is 1. The van der Waals surface area contributed by atoms with E-state index >= 15 is 0 Å². The van der Waals surface area contributed by atoms with E-state index in [0.29, 0.717) is 27.9 Å². The summed E-state index contributed by atoms with van der Waals surface area (Å²) in [5, 5.41) is 9.76. The molecular weight excluding hydrogens is 426 g/mol. The molecule has 8 heteroatoms. The standard InChI is InChI=1S/C24H17N3O4S/c1-16-14-21(24(28)29)26-15-19(16)12-11-17-6-2-3-9-20(17)27-32(30,31)22-10-4-7-18-8-5-13-25-23(18)22/h2-10,13-15,27H,1H3,(H,28,29). The molecule has 2 aromatic carbocycles. The Kier molecular flexibility index (Phi) is 5.58. The van der Waals surface area contributed by atoms with E-state index in [1.807, 2.05) is 0 Å². The van der Waals surface area contributed by atoms with E-state index in [0.717, 1.165) is 5.39 Å². The lowest BCUT2D eigenvalue weighted by molar-refractivity contribution is 0.0690. The van der Waals surface area contributed by atoms with Gasteiger partial charge in [-0.2, -0.15) is 0 Å². The molecular formula is C24H17N3O4S. The lowest BCUT2D eigenvalue weighted by atomic mass is 10.1. The van der Waals surface area contributed by atoms with Gasteiger partial charge in [0.15, 0.2) is 0 Å². The predicted octanol–water partition coefficient (Wildman–Crippen LogP) is 3.84. The van der Waals surface area contributed by atoms with Crippen molar-refractivity contribution in [2.24, 2.45) is 0 Å². The fourth-order valence-electron chi connectivity index (χ4n) is 3.11. The Labute approximate surface area is 184 Å². The smallest absolute Gasteiger partial charge is 0.354 e. The second kappa shape index (κ2) is 8.49. The zero-order valence-electron chi connectivity index (χ0n) is 16.9. The summed E-state index contributed by atoms with van der Waals surface area (Å²) in [6.07, 6.45) is 2.94. The van der Waals surface area contributed by atoms with Crippen LogP contribution < -0.4 is 4.72 Å². The highest BCUT2D eigenvalue weighted by atomic mass is 32.2. The molecule has 0 saturated carbocycles. The largest absolute Gasteiger partial charge is 0.477 e. The van der Waals surface area contributed by atoms with Gasteiger partial charge in [-0.05, 0) is 42.8 Å². The average Bonchev–Trinajstić information content (AvgIpc) is 2.78. The molecule has 0 fully saturated rings. The number of para-hydroxylation sites is 2. The van der Waals surface area contributed by atoms with Crippen molar-refractivity contribution in [2.45, 2.75) is 11.8 Å². The molecule has 0 aliphatic rings.